The van der Waals surface area contributed by atoms with Crippen molar-refractivity contribution in [1.29, 1.82) is 0 Å². The predicted molar refractivity (Wildman–Crippen MR) is 67.9 cm³/mol. The zero-order valence-corrected chi connectivity index (χ0v) is 10.4. The molecule has 17 heavy (non-hydrogen) atoms. The van der Waals surface area contributed by atoms with Gasteiger partial charge in [0.15, 0.2) is 0 Å². The zero-order chi connectivity index (χ0) is 12.1. The van der Waals surface area contributed by atoms with Crippen LogP contribution >= 0.6 is 0 Å². The largest absolute Gasteiger partial charge is 0.394 e. The summed E-state index contributed by atoms with van der Waals surface area (Å²) in [4.78, 5) is 0. The van der Waals surface area contributed by atoms with Gasteiger partial charge in [0.1, 0.15) is 0 Å². The Balaban J connectivity index is 2.07. The molecular formula is C14H21NO2. The summed E-state index contributed by atoms with van der Waals surface area (Å²) in [7, 11) is 1.87. The number of nitrogens with one attached hydrogen (secondary N) is 1. The van der Waals surface area contributed by atoms with Crippen molar-refractivity contribution in [2.45, 2.75) is 30.9 Å². The Labute approximate surface area is 103 Å². The minimum atomic E-state index is -0.475. The van der Waals surface area contributed by atoms with Gasteiger partial charge in [0.25, 0.3) is 0 Å². The fourth-order valence-electron chi connectivity index (χ4n) is 2.07. The van der Waals surface area contributed by atoms with Crippen LogP contribution in [-0.2, 0) is 10.3 Å². The van der Waals surface area contributed by atoms with E-state index in [0.717, 1.165) is 18.4 Å². The minimum absolute atomic E-state index is 0.0419. The normalized spacial score (nSPS) is 19.6. The molecule has 3 nitrogen and oxygen atoms in total. The van der Waals surface area contributed by atoms with Crippen molar-refractivity contribution in [3.63, 3.8) is 0 Å². The maximum Gasteiger partial charge on any atom is 0.0903 e. The van der Waals surface area contributed by atoms with Crippen LogP contribution in [0.15, 0.2) is 30.3 Å². The lowest BCUT2D eigenvalue weighted by molar-refractivity contribution is -0.0424. The number of hydrogen-bond acceptors (Lipinski definition) is 3. The number of benzene rings is 1. The summed E-state index contributed by atoms with van der Waals surface area (Å²) in [5.74, 6) is 0. The smallest absolute Gasteiger partial charge is 0.0903 e. The molecule has 0 heterocycles. The van der Waals surface area contributed by atoms with Gasteiger partial charge in [-0.3, -0.25) is 0 Å². The minimum Gasteiger partial charge on any atom is -0.394 e. The van der Waals surface area contributed by atoms with Crippen molar-refractivity contribution < 1.29 is 9.84 Å². The summed E-state index contributed by atoms with van der Waals surface area (Å²) in [5.41, 5.74) is 0.598. The van der Waals surface area contributed by atoms with Gasteiger partial charge in [0.2, 0.25) is 0 Å². The molecule has 0 saturated heterocycles. The van der Waals surface area contributed by atoms with Crippen LogP contribution in [0.4, 0.5) is 0 Å². The first-order valence-electron chi connectivity index (χ1n) is 6.27. The Bertz CT molecular complexity index is 331. The van der Waals surface area contributed by atoms with Crippen LogP contribution in [0.5, 0.6) is 0 Å². The Morgan fingerprint density at radius 2 is 2.06 bits per heavy atom. The van der Waals surface area contributed by atoms with Crippen LogP contribution in [0.1, 0.15) is 24.8 Å². The van der Waals surface area contributed by atoms with Crippen molar-refractivity contribution >= 4 is 0 Å². The van der Waals surface area contributed by atoms with E-state index in [0.29, 0.717) is 12.7 Å². The first kappa shape index (κ1) is 12.6. The monoisotopic (exact) mass is 235 g/mol. The average Bonchev–Trinajstić information content (AvgIpc) is 2.34. The van der Waals surface area contributed by atoms with Gasteiger partial charge in [0, 0.05) is 0 Å². The molecule has 1 fully saturated rings. The summed E-state index contributed by atoms with van der Waals surface area (Å²) in [6, 6.07) is 10.0. The second-order valence-electron chi connectivity index (χ2n) is 4.72. The molecule has 94 valence electrons. The van der Waals surface area contributed by atoms with E-state index in [4.69, 9.17) is 4.74 Å². The molecule has 2 N–H and O–H groups in total. The molecule has 0 amide bonds. The van der Waals surface area contributed by atoms with E-state index in [2.05, 4.69) is 5.32 Å². The van der Waals surface area contributed by atoms with Gasteiger partial charge in [0.05, 0.1) is 24.9 Å². The highest BCUT2D eigenvalue weighted by molar-refractivity contribution is 5.24. The number of likely N-dealkylation sites (N-methyl/N-ethyl adjacent to an activating group) is 1. The molecule has 0 spiro atoms. The highest BCUT2D eigenvalue weighted by atomic mass is 16.5. The lowest BCUT2D eigenvalue weighted by atomic mass is 9.90. The molecule has 1 aromatic carbocycles. The molecule has 0 aliphatic heterocycles. The fraction of sp³-hybridized carbons (Fsp3) is 0.571. The van der Waals surface area contributed by atoms with Gasteiger partial charge in [-0.2, -0.15) is 0 Å². The molecule has 0 radical (unpaired) electrons. The standard InChI is InChI=1S/C14H21NO2/c1-15-14(10-16,11-17-13-8-5-9-13)12-6-3-2-4-7-12/h2-4,6-7,13,15-16H,5,8-11H2,1H3. The van der Waals surface area contributed by atoms with Crippen molar-refractivity contribution in [2.24, 2.45) is 0 Å². The maximum atomic E-state index is 9.69. The number of hydrogen-bond donors (Lipinski definition) is 2. The lowest BCUT2D eigenvalue weighted by Crippen LogP contribution is -2.48. The third-order valence-electron chi connectivity index (χ3n) is 3.69. The molecule has 3 heteroatoms. The maximum absolute atomic E-state index is 9.69. The topological polar surface area (TPSA) is 41.5 Å². The Morgan fingerprint density at radius 3 is 2.53 bits per heavy atom. The highest BCUT2D eigenvalue weighted by Crippen LogP contribution is 2.26. The van der Waals surface area contributed by atoms with E-state index >= 15 is 0 Å². The van der Waals surface area contributed by atoms with E-state index in [1.165, 1.54) is 6.42 Å². The SMILES string of the molecule is CNC(CO)(COC1CCC1)c1ccccc1. The van der Waals surface area contributed by atoms with Gasteiger partial charge < -0.3 is 15.2 Å². The predicted octanol–water partition coefficient (Wildman–Crippen LogP) is 1.66. The Morgan fingerprint density at radius 1 is 1.35 bits per heavy atom. The second kappa shape index (κ2) is 5.63. The zero-order valence-electron chi connectivity index (χ0n) is 10.4. The molecule has 2 rings (SSSR count). The molecule has 1 aromatic rings. The van der Waals surface area contributed by atoms with Crippen molar-refractivity contribution in [1.82, 2.24) is 5.32 Å². The summed E-state index contributed by atoms with van der Waals surface area (Å²) in [6.07, 6.45) is 3.96. The fourth-order valence-corrected chi connectivity index (χ4v) is 2.07. The first-order chi connectivity index (χ1) is 8.30. The summed E-state index contributed by atoms with van der Waals surface area (Å²) in [5, 5.41) is 12.9. The number of aliphatic hydroxyl groups excluding tert-OH is 1. The second-order valence-corrected chi connectivity index (χ2v) is 4.72. The average molecular weight is 235 g/mol. The molecule has 1 saturated carbocycles. The Kier molecular flexibility index (Phi) is 4.15. The van der Waals surface area contributed by atoms with Crippen LogP contribution in [0.2, 0.25) is 0 Å². The lowest BCUT2D eigenvalue weighted by Gasteiger charge is -2.35. The third kappa shape index (κ3) is 2.68. The van der Waals surface area contributed by atoms with E-state index < -0.39 is 5.54 Å². The molecule has 1 aliphatic carbocycles. The summed E-state index contributed by atoms with van der Waals surface area (Å²) >= 11 is 0. The molecule has 0 bridgehead atoms. The van der Waals surface area contributed by atoms with Crippen molar-refractivity contribution in [3.05, 3.63) is 35.9 Å². The van der Waals surface area contributed by atoms with E-state index in [9.17, 15) is 5.11 Å². The summed E-state index contributed by atoms with van der Waals surface area (Å²) in [6.45, 7) is 0.564. The first-order valence-corrected chi connectivity index (χ1v) is 6.27. The third-order valence-corrected chi connectivity index (χ3v) is 3.69. The molecule has 1 aliphatic rings. The van der Waals surface area contributed by atoms with Gasteiger partial charge in [-0.1, -0.05) is 30.3 Å². The highest BCUT2D eigenvalue weighted by Gasteiger charge is 2.32. The molecule has 0 aromatic heterocycles. The van der Waals surface area contributed by atoms with Crippen molar-refractivity contribution in [3.8, 4) is 0 Å². The number of rotatable bonds is 6. The van der Waals surface area contributed by atoms with Crippen LogP contribution in [0.3, 0.4) is 0 Å². The number of aliphatic hydroxyl groups is 1. The van der Waals surface area contributed by atoms with Gasteiger partial charge in [-0.15, -0.1) is 0 Å². The van der Waals surface area contributed by atoms with Gasteiger partial charge in [-0.05, 0) is 31.9 Å². The Hall–Kier alpha value is -0.900. The van der Waals surface area contributed by atoms with E-state index in [1.54, 1.807) is 0 Å². The van der Waals surface area contributed by atoms with Gasteiger partial charge >= 0.3 is 0 Å². The van der Waals surface area contributed by atoms with Gasteiger partial charge in [-0.25, -0.2) is 0 Å². The van der Waals surface area contributed by atoms with Crippen LogP contribution < -0.4 is 5.32 Å². The molecular weight excluding hydrogens is 214 g/mol. The van der Waals surface area contributed by atoms with Crippen LogP contribution in [0.25, 0.3) is 0 Å². The summed E-state index contributed by atoms with van der Waals surface area (Å²) < 4.78 is 5.86. The van der Waals surface area contributed by atoms with Crippen molar-refractivity contribution in [2.75, 3.05) is 20.3 Å². The molecule has 1 atom stereocenters. The van der Waals surface area contributed by atoms with Crippen LogP contribution in [-0.4, -0.2) is 31.5 Å². The van der Waals surface area contributed by atoms with E-state index in [-0.39, 0.29) is 6.61 Å². The quantitative estimate of drug-likeness (QED) is 0.788. The van der Waals surface area contributed by atoms with E-state index in [1.807, 2.05) is 37.4 Å². The number of ether oxygens (including phenoxy) is 1. The molecule has 1 unspecified atom stereocenters. The van der Waals surface area contributed by atoms with Crippen LogP contribution in [0, 0.1) is 0 Å².